The van der Waals surface area contributed by atoms with Crippen LogP contribution >= 0.6 is 11.6 Å². The third kappa shape index (κ3) is 4.53. The van der Waals surface area contributed by atoms with E-state index >= 15 is 0 Å². The minimum atomic E-state index is -1.34. The van der Waals surface area contributed by atoms with Crippen molar-refractivity contribution in [1.29, 1.82) is 0 Å². The van der Waals surface area contributed by atoms with Crippen molar-refractivity contribution in [3.05, 3.63) is 33.9 Å². The molecule has 0 amide bonds. The second-order valence-corrected chi connectivity index (χ2v) is 8.22. The topological polar surface area (TPSA) is 105 Å². The zero-order chi connectivity index (χ0) is 21.6. The summed E-state index contributed by atoms with van der Waals surface area (Å²) in [4.78, 5) is 48.7. The van der Waals surface area contributed by atoms with E-state index in [9.17, 15) is 19.2 Å². The molecule has 2 saturated heterocycles. The van der Waals surface area contributed by atoms with Crippen LogP contribution in [0.15, 0.2) is 33.9 Å². The van der Waals surface area contributed by atoms with Gasteiger partial charge in [0.1, 0.15) is 5.57 Å². The molecule has 0 bridgehead atoms. The van der Waals surface area contributed by atoms with Gasteiger partial charge in [0.2, 0.25) is 0 Å². The van der Waals surface area contributed by atoms with Gasteiger partial charge < -0.3 is 18.9 Å². The van der Waals surface area contributed by atoms with E-state index in [-0.39, 0.29) is 10.6 Å². The number of carbonyl (C=O) groups is 4. The van der Waals surface area contributed by atoms with Crippen molar-refractivity contribution in [1.82, 2.24) is 0 Å². The van der Waals surface area contributed by atoms with E-state index in [2.05, 4.69) is 0 Å². The van der Waals surface area contributed by atoms with E-state index < -0.39 is 41.4 Å². The molecule has 29 heavy (non-hydrogen) atoms. The lowest BCUT2D eigenvalue weighted by molar-refractivity contribution is -0.237. The lowest BCUT2D eigenvalue weighted by atomic mass is 9.90. The maximum Gasteiger partial charge on any atom is 0.348 e. The molecule has 8 nitrogen and oxygen atoms in total. The van der Waals surface area contributed by atoms with Crippen molar-refractivity contribution in [3.63, 3.8) is 0 Å². The lowest BCUT2D eigenvalue weighted by Crippen LogP contribution is -2.45. The molecular weight excluding hydrogens is 404 g/mol. The monoisotopic (exact) mass is 424 g/mol. The molecule has 0 aromatic carbocycles. The molecule has 9 heteroatoms. The second kappa shape index (κ2) is 7.33. The number of ether oxygens (including phenoxy) is 4. The summed E-state index contributed by atoms with van der Waals surface area (Å²) in [6.45, 7) is 5.84. The molecule has 0 spiro atoms. The van der Waals surface area contributed by atoms with Crippen LogP contribution in [0.4, 0.5) is 0 Å². The molecule has 0 atom stereocenters. The molecule has 0 unspecified atom stereocenters. The molecule has 0 N–H and O–H groups in total. The van der Waals surface area contributed by atoms with Crippen LogP contribution in [0, 0.1) is 5.92 Å². The summed E-state index contributed by atoms with van der Waals surface area (Å²) in [7, 11) is 0. The van der Waals surface area contributed by atoms with Crippen molar-refractivity contribution in [3.8, 4) is 0 Å². The minimum Gasteiger partial charge on any atom is -0.422 e. The third-order valence-electron chi connectivity index (χ3n) is 4.46. The number of allylic oxidation sites excluding steroid dienone is 4. The predicted octanol–water partition coefficient (Wildman–Crippen LogP) is 2.80. The van der Waals surface area contributed by atoms with E-state index in [0.717, 1.165) is 0 Å². The van der Waals surface area contributed by atoms with E-state index in [1.165, 1.54) is 39.8 Å². The van der Waals surface area contributed by atoms with Crippen LogP contribution in [0.2, 0.25) is 0 Å². The van der Waals surface area contributed by atoms with Gasteiger partial charge in [-0.05, 0) is 36.5 Å². The Hall–Kier alpha value is -2.61. The quantitative estimate of drug-likeness (QED) is 0.288. The van der Waals surface area contributed by atoms with Crippen LogP contribution in [0.25, 0.3) is 0 Å². The number of esters is 4. The molecule has 1 aliphatic carbocycles. The summed E-state index contributed by atoms with van der Waals surface area (Å²) in [5, 5.41) is 0.250. The molecule has 156 valence electrons. The van der Waals surface area contributed by atoms with Gasteiger partial charge >= 0.3 is 23.9 Å². The summed E-state index contributed by atoms with van der Waals surface area (Å²) < 4.78 is 20.4. The first-order chi connectivity index (χ1) is 13.4. The Labute approximate surface area is 172 Å². The fourth-order valence-corrected chi connectivity index (χ4v) is 3.51. The van der Waals surface area contributed by atoms with E-state index in [4.69, 9.17) is 30.5 Å². The van der Waals surface area contributed by atoms with Crippen molar-refractivity contribution in [2.45, 2.75) is 58.5 Å². The maximum absolute atomic E-state index is 12.2. The van der Waals surface area contributed by atoms with E-state index in [1.54, 1.807) is 0 Å². The van der Waals surface area contributed by atoms with Gasteiger partial charge in [-0.3, -0.25) is 9.59 Å². The van der Waals surface area contributed by atoms with Crippen LogP contribution in [0.1, 0.15) is 47.0 Å². The van der Waals surface area contributed by atoms with E-state index in [1.807, 2.05) is 0 Å². The summed E-state index contributed by atoms with van der Waals surface area (Å²) >= 11 is 6.45. The molecule has 3 aliphatic rings. The Morgan fingerprint density at radius 2 is 1.38 bits per heavy atom. The Balaban J connectivity index is 1.90. The van der Waals surface area contributed by atoms with Crippen LogP contribution in [0.5, 0.6) is 0 Å². The fraction of sp³-hybridized carbons (Fsp3) is 0.500. The van der Waals surface area contributed by atoms with Gasteiger partial charge in [-0.15, -0.1) is 0 Å². The van der Waals surface area contributed by atoms with Gasteiger partial charge in [0.25, 0.3) is 11.6 Å². The highest BCUT2D eigenvalue weighted by atomic mass is 35.5. The molecule has 0 radical (unpaired) electrons. The smallest absolute Gasteiger partial charge is 0.348 e. The summed E-state index contributed by atoms with van der Waals surface area (Å²) in [6, 6.07) is 0. The van der Waals surface area contributed by atoms with E-state index in [0.29, 0.717) is 30.4 Å². The number of halogens is 1. The highest BCUT2D eigenvalue weighted by molar-refractivity contribution is 6.33. The highest BCUT2D eigenvalue weighted by Gasteiger charge is 2.43. The Kier molecular flexibility index (Phi) is 5.34. The molecule has 0 aromatic rings. The Morgan fingerprint density at radius 3 is 1.93 bits per heavy atom. The first-order valence-corrected chi connectivity index (χ1v) is 9.50. The largest absolute Gasteiger partial charge is 0.422 e. The van der Waals surface area contributed by atoms with Crippen LogP contribution in [-0.2, 0) is 38.1 Å². The number of hydrogen-bond donors (Lipinski definition) is 0. The summed E-state index contributed by atoms with van der Waals surface area (Å²) in [5.41, 5.74) is 0.767. The lowest BCUT2D eigenvalue weighted by Gasteiger charge is -2.32. The minimum absolute atomic E-state index is 0.250. The first kappa shape index (κ1) is 21.1. The van der Waals surface area contributed by atoms with Gasteiger partial charge in [-0.25, -0.2) is 9.59 Å². The second-order valence-electron chi connectivity index (χ2n) is 7.84. The number of carbonyl (C=O) groups excluding carboxylic acids is 4. The summed E-state index contributed by atoms with van der Waals surface area (Å²) in [5.74, 6) is -6.95. The maximum atomic E-state index is 12.2. The SMILES string of the molecule is CC1(C)OC(=O)C(=CC2=C(Cl)C(=CC3C(=O)OC(C)(C)OC3=O)CCC2)C(=O)O1. The molecular formula is C20H21ClO8. The molecule has 3 rings (SSSR count). The Bertz CT molecular complexity index is 848. The molecule has 2 heterocycles. The first-order valence-electron chi connectivity index (χ1n) is 9.12. The molecule has 2 fully saturated rings. The standard InChI is InChI=1S/C20H21ClO8/c1-19(2)26-15(22)12(16(23)27-19)8-10-6-5-7-11(14(10)21)9-13-17(24)28-20(3,4)29-18(13)25/h8-9,12H,5-7H2,1-4H3. The number of rotatable bonds is 2. The summed E-state index contributed by atoms with van der Waals surface area (Å²) in [6.07, 6.45) is 4.37. The third-order valence-corrected chi connectivity index (χ3v) is 4.95. The van der Waals surface area contributed by atoms with Gasteiger partial charge in [0.05, 0.1) is 0 Å². The fourth-order valence-electron chi connectivity index (χ4n) is 3.21. The van der Waals surface area contributed by atoms with Crippen LogP contribution in [-0.4, -0.2) is 35.5 Å². The van der Waals surface area contributed by atoms with Crippen molar-refractivity contribution in [2.75, 3.05) is 0 Å². The predicted molar refractivity (Wildman–Crippen MR) is 98.9 cm³/mol. The van der Waals surface area contributed by atoms with Crippen LogP contribution < -0.4 is 0 Å². The van der Waals surface area contributed by atoms with Gasteiger partial charge in [0.15, 0.2) is 5.92 Å². The highest BCUT2D eigenvalue weighted by Crippen LogP contribution is 2.36. The van der Waals surface area contributed by atoms with Gasteiger partial charge in [0, 0.05) is 32.7 Å². The average molecular weight is 425 g/mol. The normalized spacial score (nSPS) is 26.0. The van der Waals surface area contributed by atoms with Gasteiger partial charge in [-0.2, -0.15) is 0 Å². The molecule has 0 aromatic heterocycles. The van der Waals surface area contributed by atoms with Gasteiger partial charge in [-0.1, -0.05) is 17.7 Å². The van der Waals surface area contributed by atoms with Crippen LogP contribution in [0.3, 0.4) is 0 Å². The number of hydrogen-bond acceptors (Lipinski definition) is 8. The average Bonchev–Trinajstić information content (AvgIpc) is 2.55. The van der Waals surface area contributed by atoms with Crippen molar-refractivity contribution in [2.24, 2.45) is 5.92 Å². The zero-order valence-corrected chi connectivity index (χ0v) is 17.3. The molecule has 0 saturated carbocycles. The van der Waals surface area contributed by atoms with Crippen molar-refractivity contribution < 1.29 is 38.1 Å². The Morgan fingerprint density at radius 1 is 0.862 bits per heavy atom. The zero-order valence-electron chi connectivity index (χ0n) is 16.5. The van der Waals surface area contributed by atoms with Crippen molar-refractivity contribution >= 4 is 35.5 Å². The number of cyclic esters (lactones) is 4. The molecule has 2 aliphatic heterocycles.